The van der Waals surface area contributed by atoms with Crippen molar-refractivity contribution in [2.24, 2.45) is 0 Å². The zero-order valence-corrected chi connectivity index (χ0v) is 7.89. The number of epoxide rings is 1. The van der Waals surface area contributed by atoms with Crippen LogP contribution in [0, 0.1) is 0 Å². The smallest absolute Gasteiger partial charge is 0.129 e. The summed E-state index contributed by atoms with van der Waals surface area (Å²) in [6.07, 6.45) is 1.92. The average molecular weight is 234 g/mol. The lowest BCUT2D eigenvalue weighted by atomic mass is 10.2. The van der Waals surface area contributed by atoms with Gasteiger partial charge in [0.2, 0.25) is 0 Å². The number of aromatic nitrogens is 1. The van der Waals surface area contributed by atoms with E-state index in [1.54, 1.807) is 6.20 Å². The maximum absolute atomic E-state index is 5.70. The Bertz CT molecular complexity index is 288. The molecule has 0 N–H and O–H groups in total. The average Bonchev–Trinajstić information content (AvgIpc) is 2.76. The summed E-state index contributed by atoms with van der Waals surface area (Å²) < 4.78 is 6.08. The first kappa shape index (κ1) is 7.53. The second kappa shape index (κ2) is 2.73. The predicted octanol–water partition coefficient (Wildman–Crippen LogP) is 2.57. The molecule has 0 bridgehead atoms. The lowest BCUT2D eigenvalue weighted by Gasteiger charge is -1.98. The fourth-order valence-corrected chi connectivity index (χ4v) is 1.54. The highest BCUT2D eigenvalue weighted by atomic mass is 79.9. The zero-order valence-electron chi connectivity index (χ0n) is 5.55. The minimum atomic E-state index is 0.227. The van der Waals surface area contributed by atoms with Crippen LogP contribution in [-0.2, 0) is 4.74 Å². The van der Waals surface area contributed by atoms with Crippen LogP contribution < -0.4 is 0 Å². The Kier molecular flexibility index (Phi) is 1.87. The first-order valence-electron chi connectivity index (χ1n) is 3.20. The van der Waals surface area contributed by atoms with E-state index in [-0.39, 0.29) is 6.10 Å². The SMILES string of the molecule is Clc1cc([C@@H]2CO2)c(Br)cn1. The molecular weight excluding hydrogens is 229 g/mol. The van der Waals surface area contributed by atoms with Gasteiger partial charge in [0, 0.05) is 16.2 Å². The molecule has 1 aliphatic rings. The van der Waals surface area contributed by atoms with Crippen LogP contribution in [-0.4, -0.2) is 11.6 Å². The molecule has 1 fully saturated rings. The van der Waals surface area contributed by atoms with E-state index in [1.807, 2.05) is 6.07 Å². The summed E-state index contributed by atoms with van der Waals surface area (Å²) in [5.41, 5.74) is 1.09. The van der Waals surface area contributed by atoms with Crippen LogP contribution in [0.3, 0.4) is 0 Å². The summed E-state index contributed by atoms with van der Waals surface area (Å²) >= 11 is 9.07. The van der Waals surface area contributed by atoms with Crippen LogP contribution in [0.4, 0.5) is 0 Å². The highest BCUT2D eigenvalue weighted by Gasteiger charge is 2.27. The van der Waals surface area contributed by atoms with Crippen molar-refractivity contribution in [1.82, 2.24) is 4.98 Å². The van der Waals surface area contributed by atoms with Gasteiger partial charge in [0.05, 0.1) is 6.61 Å². The molecule has 0 amide bonds. The Morgan fingerprint density at radius 2 is 2.45 bits per heavy atom. The molecule has 1 atom stereocenters. The summed E-state index contributed by atoms with van der Waals surface area (Å²) in [6.45, 7) is 0.791. The van der Waals surface area contributed by atoms with Crippen molar-refractivity contribution in [3.63, 3.8) is 0 Å². The van der Waals surface area contributed by atoms with E-state index in [0.29, 0.717) is 5.15 Å². The monoisotopic (exact) mass is 233 g/mol. The molecule has 1 aromatic rings. The highest BCUT2D eigenvalue weighted by molar-refractivity contribution is 9.10. The van der Waals surface area contributed by atoms with Crippen LogP contribution in [0.15, 0.2) is 16.7 Å². The minimum Gasteiger partial charge on any atom is -0.368 e. The fourth-order valence-electron chi connectivity index (χ4n) is 0.902. The number of halogens is 2. The number of hydrogen-bond donors (Lipinski definition) is 0. The Labute approximate surface area is 77.7 Å². The summed E-state index contributed by atoms with van der Waals surface area (Å²) in [7, 11) is 0. The molecule has 4 heteroatoms. The van der Waals surface area contributed by atoms with E-state index in [4.69, 9.17) is 16.3 Å². The van der Waals surface area contributed by atoms with Gasteiger partial charge >= 0.3 is 0 Å². The first-order valence-corrected chi connectivity index (χ1v) is 4.37. The molecule has 0 saturated carbocycles. The van der Waals surface area contributed by atoms with Crippen LogP contribution in [0.1, 0.15) is 11.7 Å². The predicted molar refractivity (Wildman–Crippen MR) is 45.6 cm³/mol. The number of nitrogens with zero attached hydrogens (tertiary/aromatic N) is 1. The van der Waals surface area contributed by atoms with Gasteiger partial charge in [0.15, 0.2) is 0 Å². The van der Waals surface area contributed by atoms with Gasteiger partial charge in [0.25, 0.3) is 0 Å². The van der Waals surface area contributed by atoms with Crippen molar-refractivity contribution in [3.05, 3.63) is 27.5 Å². The second-order valence-electron chi connectivity index (χ2n) is 2.35. The van der Waals surface area contributed by atoms with Crippen molar-refractivity contribution in [3.8, 4) is 0 Å². The van der Waals surface area contributed by atoms with Crippen LogP contribution in [0.25, 0.3) is 0 Å². The van der Waals surface area contributed by atoms with Crippen molar-refractivity contribution in [2.75, 3.05) is 6.61 Å². The standard InChI is InChI=1S/C7H5BrClNO/c8-5-2-10-7(9)1-4(5)6-3-11-6/h1-2,6H,3H2/t6-/m0/s1. The molecule has 1 saturated heterocycles. The van der Waals surface area contributed by atoms with Gasteiger partial charge < -0.3 is 4.74 Å². The van der Waals surface area contributed by atoms with Gasteiger partial charge in [-0.05, 0) is 22.0 Å². The van der Waals surface area contributed by atoms with Crippen molar-refractivity contribution >= 4 is 27.5 Å². The van der Waals surface area contributed by atoms with E-state index in [0.717, 1.165) is 16.6 Å². The van der Waals surface area contributed by atoms with Gasteiger partial charge in [-0.3, -0.25) is 0 Å². The van der Waals surface area contributed by atoms with Crippen molar-refractivity contribution < 1.29 is 4.74 Å². The highest BCUT2D eigenvalue weighted by Crippen LogP contribution is 2.35. The lowest BCUT2D eigenvalue weighted by Crippen LogP contribution is -1.85. The van der Waals surface area contributed by atoms with Crippen molar-refractivity contribution in [2.45, 2.75) is 6.10 Å². The van der Waals surface area contributed by atoms with Gasteiger partial charge in [0.1, 0.15) is 11.3 Å². The fraction of sp³-hybridized carbons (Fsp3) is 0.286. The van der Waals surface area contributed by atoms with Crippen LogP contribution in [0.2, 0.25) is 5.15 Å². The maximum atomic E-state index is 5.70. The molecule has 0 unspecified atom stereocenters. The quantitative estimate of drug-likeness (QED) is 0.551. The minimum absolute atomic E-state index is 0.227. The number of pyridine rings is 1. The molecule has 2 rings (SSSR count). The van der Waals surface area contributed by atoms with E-state index >= 15 is 0 Å². The molecule has 2 heterocycles. The number of rotatable bonds is 1. The Morgan fingerprint density at radius 3 is 3.09 bits per heavy atom. The summed E-state index contributed by atoms with van der Waals surface area (Å²) in [5.74, 6) is 0. The second-order valence-corrected chi connectivity index (χ2v) is 3.59. The van der Waals surface area contributed by atoms with Crippen LogP contribution >= 0.6 is 27.5 Å². The summed E-state index contributed by atoms with van der Waals surface area (Å²) in [6, 6.07) is 1.82. The van der Waals surface area contributed by atoms with E-state index in [9.17, 15) is 0 Å². The Morgan fingerprint density at radius 1 is 1.73 bits per heavy atom. The van der Waals surface area contributed by atoms with Gasteiger partial charge in [-0.1, -0.05) is 11.6 Å². The molecule has 1 aromatic heterocycles. The number of hydrogen-bond acceptors (Lipinski definition) is 2. The zero-order chi connectivity index (χ0) is 7.84. The third-order valence-electron chi connectivity index (χ3n) is 1.53. The third-order valence-corrected chi connectivity index (χ3v) is 2.40. The molecule has 0 aliphatic carbocycles. The molecule has 0 aromatic carbocycles. The van der Waals surface area contributed by atoms with Crippen molar-refractivity contribution in [1.29, 1.82) is 0 Å². The number of ether oxygens (including phenoxy) is 1. The van der Waals surface area contributed by atoms with Gasteiger partial charge in [-0.25, -0.2) is 4.98 Å². The van der Waals surface area contributed by atoms with E-state index in [2.05, 4.69) is 20.9 Å². The largest absolute Gasteiger partial charge is 0.368 e. The van der Waals surface area contributed by atoms with Gasteiger partial charge in [-0.15, -0.1) is 0 Å². The van der Waals surface area contributed by atoms with Crippen LogP contribution in [0.5, 0.6) is 0 Å². The summed E-state index contributed by atoms with van der Waals surface area (Å²) in [5, 5.41) is 0.513. The molecule has 2 nitrogen and oxygen atoms in total. The third kappa shape index (κ3) is 1.55. The molecule has 0 spiro atoms. The summed E-state index contributed by atoms with van der Waals surface area (Å²) in [4.78, 5) is 3.91. The Hall–Kier alpha value is -0.120. The van der Waals surface area contributed by atoms with E-state index in [1.165, 1.54) is 0 Å². The molecule has 0 radical (unpaired) electrons. The normalized spacial score (nSPS) is 21.8. The maximum Gasteiger partial charge on any atom is 0.129 e. The first-order chi connectivity index (χ1) is 5.27. The van der Waals surface area contributed by atoms with E-state index < -0.39 is 0 Å². The van der Waals surface area contributed by atoms with Gasteiger partial charge in [-0.2, -0.15) is 0 Å². The molecule has 1 aliphatic heterocycles. The molecule has 58 valence electrons. The Balaban J connectivity index is 2.42. The topological polar surface area (TPSA) is 25.4 Å². The lowest BCUT2D eigenvalue weighted by molar-refractivity contribution is 0.415. The molecular formula is C7H5BrClNO. The molecule has 11 heavy (non-hydrogen) atoms.